The lowest BCUT2D eigenvalue weighted by molar-refractivity contribution is 0.0104. The van der Waals surface area contributed by atoms with Crippen LogP contribution in [0.15, 0.2) is 24.3 Å². The van der Waals surface area contributed by atoms with Crippen molar-refractivity contribution >= 4 is 5.78 Å². The molecule has 2 rings (SSSR count). The van der Waals surface area contributed by atoms with Gasteiger partial charge in [-0.15, -0.1) is 0 Å². The Morgan fingerprint density at radius 1 is 1.29 bits per heavy atom. The van der Waals surface area contributed by atoms with Crippen molar-refractivity contribution in [2.45, 2.75) is 38.2 Å². The zero-order chi connectivity index (χ0) is 14.9. The van der Waals surface area contributed by atoms with Crippen molar-refractivity contribution in [1.29, 1.82) is 0 Å². The van der Waals surface area contributed by atoms with Crippen molar-refractivity contribution in [3.63, 3.8) is 0 Å². The van der Waals surface area contributed by atoms with Crippen LogP contribution in [0.2, 0.25) is 0 Å². The molecule has 0 bridgehead atoms. The Morgan fingerprint density at radius 2 is 2.14 bits per heavy atom. The molecule has 21 heavy (non-hydrogen) atoms. The van der Waals surface area contributed by atoms with E-state index in [1.165, 1.54) is 6.42 Å². The molecule has 1 aromatic carbocycles. The van der Waals surface area contributed by atoms with Gasteiger partial charge in [0.2, 0.25) is 0 Å². The van der Waals surface area contributed by atoms with Crippen LogP contribution >= 0.6 is 0 Å². The smallest absolute Gasteiger partial charge is 0.166 e. The number of ketones is 1. The van der Waals surface area contributed by atoms with Gasteiger partial charge in [-0.05, 0) is 37.8 Å². The van der Waals surface area contributed by atoms with Crippen molar-refractivity contribution in [2.24, 2.45) is 0 Å². The van der Waals surface area contributed by atoms with Crippen LogP contribution < -0.4 is 4.74 Å². The van der Waals surface area contributed by atoms with E-state index in [1.807, 2.05) is 24.3 Å². The van der Waals surface area contributed by atoms with Gasteiger partial charge in [-0.3, -0.25) is 4.79 Å². The lowest BCUT2D eigenvalue weighted by Crippen LogP contribution is -2.20. The molecule has 0 saturated carbocycles. The quantitative estimate of drug-likeness (QED) is 0.545. The van der Waals surface area contributed by atoms with Crippen LogP contribution in [0.3, 0.4) is 0 Å². The highest BCUT2D eigenvalue weighted by Crippen LogP contribution is 2.23. The number of rotatable bonds is 8. The fraction of sp³-hybridized carbons (Fsp3) is 0.588. The summed E-state index contributed by atoms with van der Waals surface area (Å²) in [5.74, 6) is 0.765. The molecule has 4 heteroatoms. The van der Waals surface area contributed by atoms with Gasteiger partial charge in [0.25, 0.3) is 0 Å². The predicted octanol–water partition coefficient (Wildman–Crippen LogP) is 3.24. The third-order valence-electron chi connectivity index (χ3n) is 3.70. The van der Waals surface area contributed by atoms with Gasteiger partial charge in [0, 0.05) is 20.1 Å². The SMILES string of the molecule is COCCOc1ccccc1C(=O)CCC1CCCCO1. The van der Waals surface area contributed by atoms with Gasteiger partial charge in [-0.1, -0.05) is 12.1 Å². The molecule has 0 radical (unpaired) electrons. The highest BCUT2D eigenvalue weighted by molar-refractivity contribution is 5.98. The molecule has 0 N–H and O–H groups in total. The number of methoxy groups -OCH3 is 1. The fourth-order valence-electron chi connectivity index (χ4n) is 2.52. The summed E-state index contributed by atoms with van der Waals surface area (Å²) in [6.45, 7) is 1.79. The normalized spacial score (nSPS) is 18.4. The Labute approximate surface area is 126 Å². The van der Waals surface area contributed by atoms with E-state index in [9.17, 15) is 4.79 Å². The Kier molecular flexibility index (Phi) is 6.70. The lowest BCUT2D eigenvalue weighted by atomic mass is 10.00. The third-order valence-corrected chi connectivity index (χ3v) is 3.70. The summed E-state index contributed by atoms with van der Waals surface area (Å²) >= 11 is 0. The Balaban J connectivity index is 1.88. The summed E-state index contributed by atoms with van der Waals surface area (Å²) in [6, 6.07) is 7.41. The predicted molar refractivity (Wildman–Crippen MR) is 81.0 cm³/mol. The number of carbonyl (C=O) groups is 1. The number of Topliss-reactive ketones (excluding diaryl/α,β-unsaturated/α-hetero) is 1. The molecule has 0 aromatic heterocycles. The number of para-hydroxylation sites is 1. The first kappa shape index (κ1) is 16.0. The van der Waals surface area contributed by atoms with Crippen molar-refractivity contribution in [2.75, 3.05) is 26.9 Å². The number of ether oxygens (including phenoxy) is 3. The maximum absolute atomic E-state index is 12.4. The van der Waals surface area contributed by atoms with Crippen LogP contribution in [0.25, 0.3) is 0 Å². The van der Waals surface area contributed by atoms with E-state index in [0.717, 1.165) is 25.9 Å². The minimum Gasteiger partial charge on any atom is -0.490 e. The zero-order valence-corrected chi connectivity index (χ0v) is 12.7. The highest BCUT2D eigenvalue weighted by Gasteiger charge is 2.17. The molecule has 0 aliphatic carbocycles. The zero-order valence-electron chi connectivity index (χ0n) is 12.7. The van der Waals surface area contributed by atoms with E-state index >= 15 is 0 Å². The van der Waals surface area contributed by atoms with Crippen molar-refractivity contribution in [3.8, 4) is 5.75 Å². The molecule has 116 valence electrons. The summed E-state index contributed by atoms with van der Waals surface area (Å²) in [6.07, 6.45) is 4.96. The van der Waals surface area contributed by atoms with E-state index in [1.54, 1.807) is 7.11 Å². The molecule has 1 aliphatic heterocycles. The lowest BCUT2D eigenvalue weighted by Gasteiger charge is -2.22. The first-order chi connectivity index (χ1) is 10.3. The minimum atomic E-state index is 0.122. The molecular formula is C17H24O4. The standard InChI is InChI=1S/C17H24O4/c1-19-12-13-21-17-8-3-2-7-15(17)16(18)10-9-14-6-4-5-11-20-14/h2-3,7-8,14H,4-6,9-13H2,1H3. The van der Waals surface area contributed by atoms with Crippen molar-refractivity contribution in [3.05, 3.63) is 29.8 Å². The summed E-state index contributed by atoms with van der Waals surface area (Å²) in [5.41, 5.74) is 0.657. The third kappa shape index (κ3) is 5.14. The summed E-state index contributed by atoms with van der Waals surface area (Å²) < 4.78 is 16.3. The maximum atomic E-state index is 12.4. The Morgan fingerprint density at radius 3 is 2.90 bits per heavy atom. The van der Waals surface area contributed by atoms with Crippen LogP contribution in [-0.2, 0) is 9.47 Å². The largest absolute Gasteiger partial charge is 0.490 e. The van der Waals surface area contributed by atoms with E-state index in [0.29, 0.717) is 30.9 Å². The van der Waals surface area contributed by atoms with Gasteiger partial charge in [0.1, 0.15) is 12.4 Å². The van der Waals surface area contributed by atoms with Gasteiger partial charge < -0.3 is 14.2 Å². The minimum absolute atomic E-state index is 0.122. The topological polar surface area (TPSA) is 44.8 Å². The van der Waals surface area contributed by atoms with Gasteiger partial charge in [-0.2, -0.15) is 0 Å². The van der Waals surface area contributed by atoms with Gasteiger partial charge in [-0.25, -0.2) is 0 Å². The van der Waals surface area contributed by atoms with Gasteiger partial charge in [0.05, 0.1) is 18.3 Å². The number of benzene rings is 1. The van der Waals surface area contributed by atoms with E-state index < -0.39 is 0 Å². The molecule has 4 nitrogen and oxygen atoms in total. The molecule has 1 heterocycles. The Bertz CT molecular complexity index is 438. The number of hydrogen-bond donors (Lipinski definition) is 0. The molecular weight excluding hydrogens is 268 g/mol. The maximum Gasteiger partial charge on any atom is 0.166 e. The highest BCUT2D eigenvalue weighted by atomic mass is 16.5. The first-order valence-corrected chi connectivity index (χ1v) is 7.67. The van der Waals surface area contributed by atoms with Crippen LogP contribution in [-0.4, -0.2) is 38.8 Å². The molecule has 0 amide bonds. The fourth-order valence-corrected chi connectivity index (χ4v) is 2.52. The van der Waals surface area contributed by atoms with E-state index in [2.05, 4.69) is 0 Å². The second-order valence-corrected chi connectivity index (χ2v) is 5.29. The van der Waals surface area contributed by atoms with Crippen molar-refractivity contribution in [1.82, 2.24) is 0 Å². The monoisotopic (exact) mass is 292 g/mol. The second kappa shape index (κ2) is 8.80. The molecule has 1 fully saturated rings. The van der Waals surface area contributed by atoms with E-state index in [4.69, 9.17) is 14.2 Å². The summed E-state index contributed by atoms with van der Waals surface area (Å²) in [7, 11) is 1.63. The molecule has 1 aliphatic rings. The molecule has 1 aromatic rings. The summed E-state index contributed by atoms with van der Waals surface area (Å²) in [5, 5.41) is 0. The summed E-state index contributed by atoms with van der Waals surface area (Å²) in [4.78, 5) is 12.4. The van der Waals surface area contributed by atoms with Crippen LogP contribution in [0.4, 0.5) is 0 Å². The Hall–Kier alpha value is -1.39. The second-order valence-electron chi connectivity index (χ2n) is 5.29. The van der Waals surface area contributed by atoms with Crippen LogP contribution in [0.1, 0.15) is 42.5 Å². The number of hydrogen-bond acceptors (Lipinski definition) is 4. The average molecular weight is 292 g/mol. The molecule has 1 saturated heterocycles. The number of carbonyl (C=O) groups excluding carboxylic acids is 1. The molecule has 1 unspecified atom stereocenters. The first-order valence-electron chi connectivity index (χ1n) is 7.67. The van der Waals surface area contributed by atoms with Crippen molar-refractivity contribution < 1.29 is 19.0 Å². The molecule has 0 spiro atoms. The van der Waals surface area contributed by atoms with Crippen LogP contribution in [0, 0.1) is 0 Å². The van der Waals surface area contributed by atoms with E-state index in [-0.39, 0.29) is 11.9 Å². The average Bonchev–Trinajstić information content (AvgIpc) is 2.54. The van der Waals surface area contributed by atoms with Crippen LogP contribution in [0.5, 0.6) is 5.75 Å². The van der Waals surface area contributed by atoms with Gasteiger partial charge in [0.15, 0.2) is 5.78 Å². The van der Waals surface area contributed by atoms with Gasteiger partial charge >= 0.3 is 0 Å². The molecule has 1 atom stereocenters.